The monoisotopic (exact) mass is 402 g/mol. The molecule has 1 unspecified atom stereocenters. The molecule has 0 spiro atoms. The van der Waals surface area contributed by atoms with E-state index in [1.165, 1.54) is 11.9 Å². The number of likely N-dealkylation sites (N-methyl/N-ethyl adjacent to an activating group) is 2. The highest BCUT2D eigenvalue weighted by Gasteiger charge is 2.54. The normalized spacial score (nSPS) is 18.2. The number of amidine groups is 1. The zero-order chi connectivity index (χ0) is 21.6. The molecule has 2 heterocycles. The number of rotatable bonds is 4. The van der Waals surface area contributed by atoms with E-state index in [1.54, 1.807) is 18.2 Å². The third-order valence-electron chi connectivity index (χ3n) is 4.05. The van der Waals surface area contributed by atoms with E-state index in [-0.39, 0.29) is 19.1 Å². The number of hydrogen-bond donors (Lipinski definition) is 2. The van der Waals surface area contributed by atoms with Gasteiger partial charge in [0.25, 0.3) is 5.91 Å². The number of aliphatic hydroxyl groups is 1. The van der Waals surface area contributed by atoms with Crippen LogP contribution in [0.2, 0.25) is 0 Å². The number of aliphatic carboxylic acids is 1. The maximum Gasteiger partial charge on any atom is 0.421 e. The van der Waals surface area contributed by atoms with Gasteiger partial charge in [0.15, 0.2) is 0 Å². The molecular formula is C18H22N6O5. The summed E-state index contributed by atoms with van der Waals surface area (Å²) in [5.74, 6) is -0.845. The molecule has 154 valence electrons. The number of carbonyl (C=O) groups is 3. The number of benzene rings is 1. The fourth-order valence-electron chi connectivity index (χ4n) is 2.73. The molecule has 2 aliphatic rings. The molecule has 0 aromatic heterocycles. The van der Waals surface area contributed by atoms with Crippen molar-refractivity contribution in [3.63, 3.8) is 0 Å². The lowest BCUT2D eigenvalue weighted by Crippen LogP contribution is -2.64. The number of amides is 3. The summed E-state index contributed by atoms with van der Waals surface area (Å²) in [7, 11) is 2.98. The standard InChI is InChI=1S/C16H18N6O3.C2H4O2/c1-20-13-12(14(24)21(2)16(20)25)22(8-9-23)15(18-13)19-17-10-11-6-4-3-5-7-11;1-2(3)4/h3-7,10,12,23H,8-9H2,1-2H3;1H3,(H,3,4)/b17-10+;. The number of guanidine groups is 1. The smallest absolute Gasteiger partial charge is 0.421 e. The van der Waals surface area contributed by atoms with Gasteiger partial charge in [0, 0.05) is 13.0 Å². The third kappa shape index (κ3) is 4.98. The molecule has 3 amide bonds. The topological polar surface area (TPSA) is 143 Å². The lowest BCUT2D eigenvalue weighted by molar-refractivity contribution is -0.302. The van der Waals surface area contributed by atoms with Gasteiger partial charge in [0.1, 0.15) is 0 Å². The summed E-state index contributed by atoms with van der Waals surface area (Å²) in [6.07, 6.45) is 1.62. The highest BCUT2D eigenvalue weighted by atomic mass is 16.4. The van der Waals surface area contributed by atoms with E-state index >= 15 is 0 Å². The minimum absolute atomic E-state index is 0.165. The van der Waals surface area contributed by atoms with Gasteiger partial charge < -0.3 is 15.0 Å². The number of hydrazone groups is 1. The molecular weight excluding hydrogens is 380 g/mol. The van der Waals surface area contributed by atoms with Gasteiger partial charge in [-0.25, -0.2) is 19.3 Å². The van der Waals surface area contributed by atoms with Crippen molar-refractivity contribution in [3.05, 3.63) is 35.9 Å². The van der Waals surface area contributed by atoms with Crippen LogP contribution in [0.25, 0.3) is 0 Å². The van der Waals surface area contributed by atoms with E-state index in [0.29, 0.717) is 11.8 Å². The lowest BCUT2D eigenvalue weighted by Gasteiger charge is -2.31. The largest absolute Gasteiger partial charge is 0.550 e. The molecule has 1 atom stereocenters. The van der Waals surface area contributed by atoms with Crippen molar-refractivity contribution >= 4 is 35.9 Å². The minimum Gasteiger partial charge on any atom is -0.550 e. The average Bonchev–Trinajstić information content (AvgIpc) is 3.04. The van der Waals surface area contributed by atoms with Crippen LogP contribution in [0.4, 0.5) is 4.79 Å². The van der Waals surface area contributed by atoms with E-state index in [2.05, 4.69) is 15.2 Å². The Kier molecular flexibility index (Phi) is 7.07. The minimum atomic E-state index is -1.08. The van der Waals surface area contributed by atoms with Crippen molar-refractivity contribution in [3.8, 4) is 0 Å². The van der Waals surface area contributed by atoms with E-state index in [0.717, 1.165) is 17.4 Å². The fraction of sp³-hybridized carbons (Fsp3) is 0.333. The van der Waals surface area contributed by atoms with Crippen LogP contribution in [0.1, 0.15) is 12.5 Å². The fourth-order valence-corrected chi connectivity index (χ4v) is 2.73. The molecule has 0 aliphatic carbocycles. The molecule has 2 N–H and O–H groups in total. The van der Waals surface area contributed by atoms with Crippen LogP contribution in [0.15, 0.2) is 35.4 Å². The van der Waals surface area contributed by atoms with Gasteiger partial charge in [-0.3, -0.25) is 9.69 Å². The number of aliphatic hydroxyl groups excluding tert-OH is 1. The molecule has 0 saturated carbocycles. The molecule has 0 bridgehead atoms. The van der Waals surface area contributed by atoms with E-state index < -0.39 is 18.0 Å². The Morgan fingerprint density at radius 1 is 1.28 bits per heavy atom. The van der Waals surface area contributed by atoms with Crippen LogP contribution in [-0.2, 0) is 9.59 Å². The SMILES string of the molecule is CC(=O)[O-].CN1C(=O)C2C(=[N+]=C(N/N=C/c3ccccc3)N2CCO)N(C)C1=O. The molecule has 1 aromatic rings. The second kappa shape index (κ2) is 9.49. The third-order valence-corrected chi connectivity index (χ3v) is 4.05. The number of β-amino-alcohol motifs (C(OH)–C–C–N with tert-alkyl or cyclic N) is 1. The Morgan fingerprint density at radius 3 is 2.48 bits per heavy atom. The maximum absolute atomic E-state index is 12.5. The Balaban J connectivity index is 0.000000687. The maximum atomic E-state index is 12.5. The Hall–Kier alpha value is -3.69. The number of nitrogens with zero attached hydrogens (tertiary/aromatic N) is 5. The van der Waals surface area contributed by atoms with Crippen LogP contribution < -0.4 is 15.2 Å². The van der Waals surface area contributed by atoms with Crippen LogP contribution >= 0.6 is 0 Å². The van der Waals surface area contributed by atoms with Crippen LogP contribution in [0, 0.1) is 0 Å². The van der Waals surface area contributed by atoms with E-state index in [1.807, 2.05) is 30.3 Å². The van der Waals surface area contributed by atoms with Gasteiger partial charge in [-0.05, 0) is 12.5 Å². The van der Waals surface area contributed by atoms with Crippen molar-refractivity contribution < 1.29 is 24.6 Å². The molecule has 0 radical (unpaired) electrons. The Bertz CT molecular complexity index is 874. The number of carboxylic acid groups (broad SMARTS) is 1. The molecule has 1 saturated heterocycles. The van der Waals surface area contributed by atoms with Crippen LogP contribution in [0.3, 0.4) is 0 Å². The van der Waals surface area contributed by atoms with Gasteiger partial charge >= 0.3 is 17.8 Å². The van der Waals surface area contributed by atoms with Gasteiger partial charge in [-0.2, -0.15) is 5.43 Å². The first-order chi connectivity index (χ1) is 13.8. The average molecular weight is 402 g/mol. The van der Waals surface area contributed by atoms with Crippen molar-refractivity contribution in [2.75, 3.05) is 27.2 Å². The Labute approximate surface area is 167 Å². The van der Waals surface area contributed by atoms with Gasteiger partial charge in [0.2, 0.25) is 6.04 Å². The molecule has 3 rings (SSSR count). The molecule has 11 nitrogen and oxygen atoms in total. The van der Waals surface area contributed by atoms with Crippen molar-refractivity contribution in [2.24, 2.45) is 5.10 Å². The summed E-state index contributed by atoms with van der Waals surface area (Å²) in [4.78, 5) is 37.4. The van der Waals surface area contributed by atoms with Crippen molar-refractivity contribution in [2.45, 2.75) is 13.0 Å². The van der Waals surface area contributed by atoms with Crippen molar-refractivity contribution in [1.82, 2.24) is 24.8 Å². The second-order valence-electron chi connectivity index (χ2n) is 6.12. The quantitative estimate of drug-likeness (QED) is 0.319. The van der Waals surface area contributed by atoms with Crippen LogP contribution in [0.5, 0.6) is 0 Å². The Morgan fingerprint density at radius 2 is 1.90 bits per heavy atom. The number of hydrogen-bond acceptors (Lipinski definition) is 8. The number of imide groups is 1. The lowest BCUT2D eigenvalue weighted by atomic mass is 10.1. The predicted molar refractivity (Wildman–Crippen MR) is 104 cm³/mol. The molecule has 1 aromatic carbocycles. The number of nitrogens with one attached hydrogen (secondary N) is 1. The summed E-state index contributed by atoms with van der Waals surface area (Å²) in [5.41, 5.74) is 3.70. The van der Waals surface area contributed by atoms with Crippen molar-refractivity contribution in [1.29, 1.82) is 0 Å². The number of carboxylic acids is 1. The summed E-state index contributed by atoms with van der Waals surface area (Å²) in [5, 5.41) is 22.4. The first-order valence-electron chi connectivity index (χ1n) is 8.68. The highest BCUT2D eigenvalue weighted by Crippen LogP contribution is 2.17. The number of carbonyl (C=O) groups excluding carboxylic acids is 3. The molecule has 29 heavy (non-hydrogen) atoms. The predicted octanol–water partition coefficient (Wildman–Crippen LogP) is -2.61. The first-order valence-corrected chi connectivity index (χ1v) is 8.68. The van der Waals surface area contributed by atoms with Gasteiger partial charge in [-0.15, -0.1) is 5.10 Å². The molecule has 2 aliphatic heterocycles. The highest BCUT2D eigenvalue weighted by molar-refractivity contribution is 6.23. The van der Waals surface area contributed by atoms with Gasteiger partial charge in [-0.1, -0.05) is 30.3 Å². The second-order valence-corrected chi connectivity index (χ2v) is 6.12. The first kappa shape index (κ1) is 21.6. The number of urea groups is 1. The zero-order valence-electron chi connectivity index (χ0n) is 16.3. The molecule has 1 fully saturated rings. The van der Waals surface area contributed by atoms with Crippen LogP contribution in [-0.4, -0.2) is 89.0 Å². The summed E-state index contributed by atoms with van der Waals surface area (Å²) in [6.45, 7) is 0.990. The van der Waals surface area contributed by atoms with Gasteiger partial charge in [0.05, 0.1) is 26.4 Å². The van der Waals surface area contributed by atoms with E-state index in [9.17, 15) is 14.7 Å². The molecule has 11 heteroatoms. The summed E-state index contributed by atoms with van der Waals surface area (Å²) in [6, 6.07) is 8.29. The summed E-state index contributed by atoms with van der Waals surface area (Å²) >= 11 is 0. The number of fused-ring (bicyclic) bond motifs is 1. The summed E-state index contributed by atoms with van der Waals surface area (Å²) < 4.78 is 4.34. The van der Waals surface area contributed by atoms with E-state index in [4.69, 9.17) is 9.90 Å². The zero-order valence-corrected chi connectivity index (χ0v) is 16.3.